The van der Waals surface area contributed by atoms with Crippen LogP contribution in [0, 0.1) is 0 Å². The highest BCUT2D eigenvalue weighted by molar-refractivity contribution is 6.43. The van der Waals surface area contributed by atoms with Gasteiger partial charge in [0.25, 0.3) is 0 Å². The van der Waals surface area contributed by atoms with E-state index in [-0.39, 0.29) is 17.8 Å². The lowest BCUT2D eigenvalue weighted by molar-refractivity contribution is -0.129. The topological polar surface area (TPSA) is 62.1 Å². The van der Waals surface area contributed by atoms with Gasteiger partial charge >= 0.3 is 5.97 Å². The molecule has 5 nitrogen and oxygen atoms in total. The Hall–Kier alpha value is -1.72. The molecule has 20 heavy (non-hydrogen) atoms. The lowest BCUT2D eigenvalue weighted by atomic mass is 9.88. The van der Waals surface area contributed by atoms with E-state index in [0.29, 0.717) is 0 Å². The Kier molecular flexibility index (Phi) is 3.54. The molecule has 1 aromatic carbocycles. The van der Waals surface area contributed by atoms with Gasteiger partial charge in [0.1, 0.15) is 0 Å². The zero-order valence-electron chi connectivity index (χ0n) is 11.5. The van der Waals surface area contributed by atoms with Crippen LogP contribution in [0.5, 0.6) is 0 Å². The van der Waals surface area contributed by atoms with Crippen molar-refractivity contribution < 1.29 is 14.6 Å². The molecule has 0 saturated carbocycles. The summed E-state index contributed by atoms with van der Waals surface area (Å²) < 4.78 is 5.40. The number of nitrogens with zero attached hydrogens (tertiary/aromatic N) is 2. The summed E-state index contributed by atoms with van der Waals surface area (Å²) >= 11 is 0. The van der Waals surface area contributed by atoms with Crippen LogP contribution >= 0.6 is 0 Å². The summed E-state index contributed by atoms with van der Waals surface area (Å²) in [4.78, 5) is 18.1. The van der Waals surface area contributed by atoms with Gasteiger partial charge in [-0.1, -0.05) is 24.3 Å². The molecule has 0 radical (unpaired) electrons. The Morgan fingerprint density at radius 2 is 2.05 bits per heavy atom. The Morgan fingerprint density at radius 1 is 1.35 bits per heavy atom. The van der Waals surface area contributed by atoms with Gasteiger partial charge in [-0.2, -0.15) is 0 Å². The van der Waals surface area contributed by atoms with Gasteiger partial charge in [0, 0.05) is 18.7 Å². The van der Waals surface area contributed by atoms with Gasteiger partial charge in [0.2, 0.25) is 0 Å². The maximum absolute atomic E-state index is 11.4. The molecule has 2 heterocycles. The fourth-order valence-corrected chi connectivity index (χ4v) is 3.10. The van der Waals surface area contributed by atoms with Gasteiger partial charge in [-0.15, -0.1) is 0 Å². The summed E-state index contributed by atoms with van der Waals surface area (Å²) in [5.41, 5.74) is 1.99. The number of carbonyl (C=O) groups is 1. The predicted molar refractivity (Wildman–Crippen MR) is 75.2 cm³/mol. The van der Waals surface area contributed by atoms with Crippen LogP contribution in [0.3, 0.4) is 0 Å². The Balaban J connectivity index is 2.03. The summed E-state index contributed by atoms with van der Waals surface area (Å²) in [5, 5.41) is 9.34. The zero-order valence-corrected chi connectivity index (χ0v) is 11.5. The van der Waals surface area contributed by atoms with Crippen molar-refractivity contribution >= 4 is 11.7 Å². The van der Waals surface area contributed by atoms with E-state index in [0.717, 1.165) is 37.4 Å². The van der Waals surface area contributed by atoms with Crippen molar-refractivity contribution in [2.24, 2.45) is 4.99 Å². The first-order valence-electron chi connectivity index (χ1n) is 6.90. The summed E-state index contributed by atoms with van der Waals surface area (Å²) in [6, 6.07) is 7.77. The zero-order chi connectivity index (χ0) is 14.1. The van der Waals surface area contributed by atoms with E-state index >= 15 is 0 Å². The molecule has 0 spiro atoms. The first-order valence-corrected chi connectivity index (χ1v) is 6.90. The molecule has 5 heteroatoms. The minimum absolute atomic E-state index is 0.0610. The second-order valence-electron chi connectivity index (χ2n) is 5.20. The van der Waals surface area contributed by atoms with Crippen molar-refractivity contribution in [3.63, 3.8) is 0 Å². The molecule has 2 aliphatic heterocycles. The van der Waals surface area contributed by atoms with Gasteiger partial charge in [0.15, 0.2) is 5.71 Å². The highest BCUT2D eigenvalue weighted by Gasteiger charge is 2.35. The Bertz CT molecular complexity index is 550. The van der Waals surface area contributed by atoms with Crippen molar-refractivity contribution in [1.82, 2.24) is 4.90 Å². The SMILES string of the molecule is CC1N=C(C(=O)O)c2ccccc2C1N1CCOCC1. The maximum atomic E-state index is 11.4. The third kappa shape index (κ3) is 2.23. The largest absolute Gasteiger partial charge is 0.477 e. The fraction of sp³-hybridized carbons (Fsp3) is 0.467. The number of aliphatic imine (C=N–C) groups is 1. The van der Waals surface area contributed by atoms with Gasteiger partial charge in [0.05, 0.1) is 25.3 Å². The molecule has 2 aliphatic rings. The molecule has 2 atom stereocenters. The second-order valence-corrected chi connectivity index (χ2v) is 5.20. The van der Waals surface area contributed by atoms with E-state index in [2.05, 4.69) is 9.89 Å². The number of benzene rings is 1. The monoisotopic (exact) mass is 274 g/mol. The number of carboxylic acid groups (broad SMARTS) is 1. The highest BCUT2D eigenvalue weighted by atomic mass is 16.5. The highest BCUT2D eigenvalue weighted by Crippen LogP contribution is 2.33. The van der Waals surface area contributed by atoms with E-state index < -0.39 is 5.97 Å². The van der Waals surface area contributed by atoms with Gasteiger partial charge in [-0.25, -0.2) is 4.79 Å². The van der Waals surface area contributed by atoms with Crippen LogP contribution < -0.4 is 0 Å². The number of carboxylic acids is 1. The molecule has 2 unspecified atom stereocenters. The molecule has 0 bridgehead atoms. The van der Waals surface area contributed by atoms with Crippen LogP contribution in [-0.4, -0.2) is 54.0 Å². The van der Waals surface area contributed by atoms with Crippen molar-refractivity contribution in [3.8, 4) is 0 Å². The quantitative estimate of drug-likeness (QED) is 0.884. The van der Waals surface area contributed by atoms with E-state index in [4.69, 9.17) is 4.74 Å². The lowest BCUT2D eigenvalue weighted by Crippen LogP contribution is -2.45. The number of hydrogen-bond acceptors (Lipinski definition) is 4. The van der Waals surface area contributed by atoms with Gasteiger partial charge < -0.3 is 9.84 Å². The molecular formula is C15H18N2O3. The number of fused-ring (bicyclic) bond motifs is 1. The maximum Gasteiger partial charge on any atom is 0.354 e. The lowest BCUT2D eigenvalue weighted by Gasteiger charge is -2.39. The van der Waals surface area contributed by atoms with Crippen LogP contribution in [0.2, 0.25) is 0 Å². The molecule has 0 aliphatic carbocycles. The van der Waals surface area contributed by atoms with Crippen molar-refractivity contribution in [1.29, 1.82) is 0 Å². The van der Waals surface area contributed by atoms with Crippen LogP contribution in [-0.2, 0) is 9.53 Å². The average Bonchev–Trinajstić information content (AvgIpc) is 2.47. The van der Waals surface area contributed by atoms with Crippen molar-refractivity contribution in [3.05, 3.63) is 35.4 Å². The second kappa shape index (κ2) is 5.34. The van der Waals surface area contributed by atoms with E-state index in [1.807, 2.05) is 31.2 Å². The van der Waals surface area contributed by atoms with Crippen LogP contribution in [0.4, 0.5) is 0 Å². The average molecular weight is 274 g/mol. The van der Waals surface area contributed by atoms with E-state index in [1.54, 1.807) is 0 Å². The minimum Gasteiger partial charge on any atom is -0.477 e. The molecule has 1 N–H and O–H groups in total. The molecule has 0 aromatic heterocycles. The molecule has 3 rings (SSSR count). The van der Waals surface area contributed by atoms with Crippen LogP contribution in [0.1, 0.15) is 24.1 Å². The summed E-state index contributed by atoms with van der Waals surface area (Å²) in [7, 11) is 0. The molecule has 1 aromatic rings. The number of ether oxygens (including phenoxy) is 1. The number of rotatable bonds is 2. The summed E-state index contributed by atoms with van der Waals surface area (Å²) in [6.45, 7) is 5.16. The first kappa shape index (κ1) is 13.3. The van der Waals surface area contributed by atoms with Gasteiger partial charge in [-0.05, 0) is 12.5 Å². The molecule has 106 valence electrons. The Morgan fingerprint density at radius 3 is 2.75 bits per heavy atom. The van der Waals surface area contributed by atoms with E-state index in [1.165, 1.54) is 0 Å². The Labute approximate surface area is 117 Å². The van der Waals surface area contributed by atoms with Gasteiger partial charge in [-0.3, -0.25) is 9.89 Å². The van der Waals surface area contributed by atoms with E-state index in [9.17, 15) is 9.90 Å². The number of hydrogen-bond donors (Lipinski definition) is 1. The molecule has 1 fully saturated rings. The summed E-state index contributed by atoms with van der Waals surface area (Å²) in [5.74, 6) is -0.954. The van der Waals surface area contributed by atoms with Crippen molar-refractivity contribution in [2.75, 3.05) is 26.3 Å². The predicted octanol–water partition coefficient (Wildman–Crippen LogP) is 1.34. The summed E-state index contributed by atoms with van der Waals surface area (Å²) in [6.07, 6.45) is 0. The fourth-order valence-electron chi connectivity index (χ4n) is 3.10. The molecule has 0 amide bonds. The molecule has 1 saturated heterocycles. The van der Waals surface area contributed by atoms with Crippen LogP contribution in [0.25, 0.3) is 0 Å². The number of morpholine rings is 1. The van der Waals surface area contributed by atoms with Crippen molar-refractivity contribution in [2.45, 2.75) is 19.0 Å². The molecular weight excluding hydrogens is 256 g/mol. The third-order valence-electron chi connectivity index (χ3n) is 3.97. The standard InChI is InChI=1S/C15H18N2O3/c1-10-14(17-6-8-20-9-7-17)12-5-3-2-4-11(12)13(16-10)15(18)19/h2-5,10,14H,6-9H2,1H3,(H,18,19). The van der Waals surface area contributed by atoms with Crippen LogP contribution in [0.15, 0.2) is 29.3 Å². The normalized spacial score (nSPS) is 26.8. The third-order valence-corrected chi connectivity index (χ3v) is 3.97. The minimum atomic E-state index is -0.954. The first-order chi connectivity index (χ1) is 9.68. The smallest absolute Gasteiger partial charge is 0.354 e. The number of aliphatic carboxylic acids is 1.